The second-order valence-electron chi connectivity index (χ2n) is 7.71. The van der Waals surface area contributed by atoms with E-state index in [0.29, 0.717) is 24.6 Å². The van der Waals surface area contributed by atoms with E-state index in [0.717, 1.165) is 11.3 Å². The summed E-state index contributed by atoms with van der Waals surface area (Å²) < 4.78 is 27.1. The van der Waals surface area contributed by atoms with Gasteiger partial charge in [0.25, 0.3) is 0 Å². The molecule has 0 saturated carbocycles. The zero-order chi connectivity index (χ0) is 21.3. The molecule has 1 fully saturated rings. The van der Waals surface area contributed by atoms with Crippen molar-refractivity contribution in [3.05, 3.63) is 47.4 Å². The number of carbonyl (C=O) groups excluding carboxylic acids is 1. The second kappa shape index (κ2) is 8.08. The van der Waals surface area contributed by atoms with E-state index >= 15 is 0 Å². The lowest BCUT2D eigenvalue weighted by Gasteiger charge is -2.20. The van der Waals surface area contributed by atoms with Gasteiger partial charge in [-0.25, -0.2) is 18.4 Å². The molecule has 0 bridgehead atoms. The van der Waals surface area contributed by atoms with Crippen LogP contribution in [0.15, 0.2) is 35.2 Å². The predicted octanol–water partition coefficient (Wildman–Crippen LogP) is 1.62. The number of sulfonamides is 1. The van der Waals surface area contributed by atoms with Crippen LogP contribution in [0.5, 0.6) is 0 Å². The zero-order valence-corrected chi connectivity index (χ0v) is 18.3. The normalized spacial score (nSPS) is 17.2. The maximum atomic E-state index is 12.9. The topological polar surface area (TPSA) is 86.7 Å². The third kappa shape index (κ3) is 4.56. The van der Waals surface area contributed by atoms with Crippen LogP contribution in [0.25, 0.3) is 0 Å². The van der Waals surface area contributed by atoms with Crippen molar-refractivity contribution in [3.8, 4) is 0 Å². The first-order valence-electron chi connectivity index (χ1n) is 9.40. The molecule has 1 atom stereocenters. The number of amides is 1. The molecule has 2 heterocycles. The number of nitrogens with zero attached hydrogens (tertiary/aromatic N) is 5. The van der Waals surface area contributed by atoms with Crippen LogP contribution in [0.3, 0.4) is 0 Å². The first-order valence-corrected chi connectivity index (χ1v) is 10.8. The van der Waals surface area contributed by atoms with Gasteiger partial charge in [-0.2, -0.15) is 4.31 Å². The van der Waals surface area contributed by atoms with E-state index in [4.69, 9.17) is 0 Å². The van der Waals surface area contributed by atoms with Gasteiger partial charge in [-0.1, -0.05) is 17.7 Å². The summed E-state index contributed by atoms with van der Waals surface area (Å²) in [6.07, 6.45) is 0.400. The Morgan fingerprint density at radius 3 is 2.34 bits per heavy atom. The second-order valence-corrected chi connectivity index (χ2v) is 9.76. The van der Waals surface area contributed by atoms with E-state index in [9.17, 15) is 13.2 Å². The molecule has 9 heteroatoms. The van der Waals surface area contributed by atoms with Crippen molar-refractivity contribution < 1.29 is 13.2 Å². The average Bonchev–Trinajstić information content (AvgIpc) is 3.00. The number of rotatable bonds is 6. The van der Waals surface area contributed by atoms with Crippen molar-refractivity contribution >= 4 is 21.7 Å². The fourth-order valence-corrected chi connectivity index (χ4v) is 4.37. The minimum absolute atomic E-state index is 0.0213. The van der Waals surface area contributed by atoms with E-state index in [1.165, 1.54) is 11.4 Å². The molecule has 0 unspecified atom stereocenters. The monoisotopic (exact) mass is 417 g/mol. The van der Waals surface area contributed by atoms with Crippen molar-refractivity contribution in [1.29, 1.82) is 0 Å². The molecule has 2 aromatic rings. The van der Waals surface area contributed by atoms with Gasteiger partial charge in [-0.05, 0) is 19.1 Å². The number of likely N-dealkylation sites (N-methyl/N-ethyl adjacent to an activating group) is 1. The van der Waals surface area contributed by atoms with E-state index in [1.807, 2.05) is 32.0 Å². The van der Waals surface area contributed by atoms with Crippen molar-refractivity contribution in [2.75, 3.05) is 39.6 Å². The third-order valence-corrected chi connectivity index (χ3v) is 6.91. The molecule has 1 aromatic heterocycles. The first-order chi connectivity index (χ1) is 13.6. The van der Waals surface area contributed by atoms with Crippen LogP contribution in [0.2, 0.25) is 0 Å². The van der Waals surface area contributed by atoms with Gasteiger partial charge in [-0.3, -0.25) is 4.79 Å². The smallest absolute Gasteiger partial charge is 0.243 e. The zero-order valence-electron chi connectivity index (χ0n) is 17.5. The van der Waals surface area contributed by atoms with E-state index in [1.54, 1.807) is 36.2 Å². The molecule has 0 aliphatic carbocycles. The SMILES string of the molecule is Cc1ccc(S(=O)(=O)N(C)Cc2nc([C@@H]3CC(=O)N(C)C3)cc(N(C)C)n2)cc1. The highest BCUT2D eigenvalue weighted by atomic mass is 32.2. The summed E-state index contributed by atoms with van der Waals surface area (Å²) in [5.41, 5.74) is 1.76. The summed E-state index contributed by atoms with van der Waals surface area (Å²) in [5, 5.41) is 0. The number of aromatic nitrogens is 2. The minimum atomic E-state index is -3.66. The van der Waals surface area contributed by atoms with Crippen molar-refractivity contribution in [2.24, 2.45) is 0 Å². The molecular formula is C20H27N5O3S. The van der Waals surface area contributed by atoms with Gasteiger partial charge in [0.15, 0.2) is 0 Å². The van der Waals surface area contributed by atoms with Crippen LogP contribution in [0, 0.1) is 6.92 Å². The summed E-state index contributed by atoms with van der Waals surface area (Å²) in [6.45, 7) is 2.55. The van der Waals surface area contributed by atoms with Crippen LogP contribution >= 0.6 is 0 Å². The van der Waals surface area contributed by atoms with Gasteiger partial charge in [0, 0.05) is 53.1 Å². The van der Waals surface area contributed by atoms with Gasteiger partial charge in [0.05, 0.1) is 17.1 Å². The lowest BCUT2D eigenvalue weighted by atomic mass is 10.0. The van der Waals surface area contributed by atoms with Gasteiger partial charge < -0.3 is 9.80 Å². The Morgan fingerprint density at radius 2 is 1.79 bits per heavy atom. The standard InChI is InChI=1S/C20H27N5O3S/c1-14-6-8-16(9-7-14)29(27,28)25(5)13-18-21-17(11-19(22-18)23(2)3)15-10-20(26)24(4)12-15/h6-9,11,15H,10,12-13H2,1-5H3/t15-/m1/s1. The van der Waals surface area contributed by atoms with E-state index < -0.39 is 10.0 Å². The van der Waals surface area contributed by atoms with Crippen LogP contribution in [-0.2, 0) is 21.4 Å². The molecule has 1 aromatic carbocycles. The number of likely N-dealkylation sites (tertiary alicyclic amines) is 1. The Kier molecular flexibility index (Phi) is 5.90. The number of aryl methyl sites for hydroxylation is 1. The highest BCUT2D eigenvalue weighted by Gasteiger charge is 2.30. The Morgan fingerprint density at radius 1 is 1.14 bits per heavy atom. The van der Waals surface area contributed by atoms with Crippen molar-refractivity contribution in [1.82, 2.24) is 19.2 Å². The molecule has 1 aliphatic rings. The average molecular weight is 418 g/mol. The Balaban J connectivity index is 1.89. The quantitative estimate of drug-likeness (QED) is 0.710. The summed E-state index contributed by atoms with van der Waals surface area (Å²) in [4.78, 5) is 24.8. The molecule has 0 spiro atoms. The molecule has 1 amide bonds. The number of carbonyl (C=O) groups is 1. The van der Waals surface area contributed by atoms with Gasteiger partial charge >= 0.3 is 0 Å². The maximum absolute atomic E-state index is 12.9. The molecular weight excluding hydrogens is 390 g/mol. The van der Waals surface area contributed by atoms with Crippen LogP contribution < -0.4 is 4.90 Å². The molecule has 8 nitrogen and oxygen atoms in total. The molecule has 0 radical (unpaired) electrons. The number of benzene rings is 1. The van der Waals surface area contributed by atoms with Gasteiger partial charge in [0.1, 0.15) is 11.6 Å². The highest BCUT2D eigenvalue weighted by molar-refractivity contribution is 7.89. The van der Waals surface area contributed by atoms with Crippen molar-refractivity contribution in [2.45, 2.75) is 30.7 Å². The van der Waals surface area contributed by atoms with Gasteiger partial charge in [0.2, 0.25) is 15.9 Å². The fraction of sp³-hybridized carbons (Fsp3) is 0.450. The largest absolute Gasteiger partial charge is 0.363 e. The first kappa shape index (κ1) is 21.2. The molecule has 1 aliphatic heterocycles. The Bertz CT molecular complexity index is 1010. The summed E-state index contributed by atoms with van der Waals surface area (Å²) in [6, 6.07) is 8.62. The lowest BCUT2D eigenvalue weighted by molar-refractivity contribution is -0.126. The summed E-state index contributed by atoms with van der Waals surface area (Å²) in [5.74, 6) is 1.16. The predicted molar refractivity (Wildman–Crippen MR) is 111 cm³/mol. The fourth-order valence-electron chi connectivity index (χ4n) is 3.25. The molecule has 156 valence electrons. The Hall–Kier alpha value is -2.52. The van der Waals surface area contributed by atoms with Crippen LogP contribution in [-0.4, -0.2) is 68.2 Å². The number of hydrogen-bond donors (Lipinski definition) is 0. The highest BCUT2D eigenvalue weighted by Crippen LogP contribution is 2.28. The van der Waals surface area contributed by atoms with E-state index in [-0.39, 0.29) is 23.3 Å². The molecule has 1 saturated heterocycles. The summed E-state index contributed by atoms with van der Waals surface area (Å²) in [7, 11) is 3.38. The number of anilines is 1. The third-order valence-electron chi connectivity index (χ3n) is 5.09. The lowest BCUT2D eigenvalue weighted by Crippen LogP contribution is -2.28. The molecule has 29 heavy (non-hydrogen) atoms. The van der Waals surface area contributed by atoms with Gasteiger partial charge in [-0.15, -0.1) is 0 Å². The van der Waals surface area contributed by atoms with Crippen LogP contribution in [0.1, 0.15) is 29.4 Å². The van der Waals surface area contributed by atoms with E-state index in [2.05, 4.69) is 9.97 Å². The van der Waals surface area contributed by atoms with Crippen molar-refractivity contribution in [3.63, 3.8) is 0 Å². The number of hydrogen-bond acceptors (Lipinski definition) is 6. The Labute approximate surface area is 172 Å². The maximum Gasteiger partial charge on any atom is 0.243 e. The van der Waals surface area contributed by atoms with Crippen LogP contribution in [0.4, 0.5) is 5.82 Å². The minimum Gasteiger partial charge on any atom is -0.363 e. The molecule has 3 rings (SSSR count). The molecule has 0 N–H and O–H groups in total. The summed E-state index contributed by atoms with van der Waals surface area (Å²) >= 11 is 0.